The minimum absolute atomic E-state index is 0.410. The fourth-order valence-electron chi connectivity index (χ4n) is 3.45. The molecule has 2 fully saturated rings. The Morgan fingerprint density at radius 1 is 1.20 bits per heavy atom. The molecule has 2 atom stereocenters. The molecule has 3 nitrogen and oxygen atoms in total. The van der Waals surface area contributed by atoms with E-state index in [4.69, 9.17) is 11.6 Å². The Hall–Kier alpha value is -0.610. The lowest BCUT2D eigenvalue weighted by atomic mass is 10.1. The van der Waals surface area contributed by atoms with Crippen molar-refractivity contribution < 1.29 is 0 Å². The Kier molecular flexibility index (Phi) is 4.61. The number of rotatable bonds is 3. The van der Waals surface area contributed by atoms with E-state index in [-0.39, 0.29) is 0 Å². The van der Waals surface area contributed by atoms with Crippen molar-refractivity contribution >= 4 is 11.6 Å². The third kappa shape index (κ3) is 3.01. The molecule has 4 heteroatoms. The van der Waals surface area contributed by atoms with Gasteiger partial charge < -0.3 is 5.32 Å². The number of halogens is 1. The van der Waals surface area contributed by atoms with Gasteiger partial charge in [0.2, 0.25) is 0 Å². The molecule has 1 aromatic rings. The van der Waals surface area contributed by atoms with Gasteiger partial charge in [-0.1, -0.05) is 29.8 Å². The van der Waals surface area contributed by atoms with Crippen molar-refractivity contribution in [2.45, 2.75) is 25.4 Å². The van der Waals surface area contributed by atoms with Crippen LogP contribution in [0.25, 0.3) is 0 Å². The van der Waals surface area contributed by atoms with Gasteiger partial charge in [0.1, 0.15) is 0 Å². The van der Waals surface area contributed by atoms with Gasteiger partial charge in [-0.3, -0.25) is 9.80 Å². The third-order valence-corrected chi connectivity index (χ3v) is 5.15. The third-order valence-electron chi connectivity index (χ3n) is 4.80. The average molecular weight is 294 g/mol. The number of nitrogens with one attached hydrogen (secondary N) is 1. The zero-order valence-corrected chi connectivity index (χ0v) is 12.9. The summed E-state index contributed by atoms with van der Waals surface area (Å²) in [5.41, 5.74) is 1.25. The van der Waals surface area contributed by atoms with Crippen LogP contribution in [-0.4, -0.2) is 55.1 Å². The lowest BCUT2D eigenvalue weighted by molar-refractivity contribution is 0.0787. The molecule has 0 saturated carbocycles. The lowest BCUT2D eigenvalue weighted by Crippen LogP contribution is -2.51. The molecule has 0 aromatic heterocycles. The van der Waals surface area contributed by atoms with Gasteiger partial charge in [0.05, 0.1) is 0 Å². The monoisotopic (exact) mass is 293 g/mol. The van der Waals surface area contributed by atoms with Crippen LogP contribution in [0.2, 0.25) is 5.02 Å². The smallest absolute Gasteiger partial charge is 0.0453 e. The van der Waals surface area contributed by atoms with Crippen LogP contribution in [0, 0.1) is 0 Å². The fourth-order valence-corrected chi connectivity index (χ4v) is 3.75. The molecule has 2 aliphatic rings. The number of nitrogens with zero attached hydrogens (tertiary/aromatic N) is 2. The van der Waals surface area contributed by atoms with Crippen molar-refractivity contribution in [1.82, 2.24) is 15.1 Å². The first-order valence-electron chi connectivity index (χ1n) is 7.69. The second-order valence-electron chi connectivity index (χ2n) is 5.92. The molecular formula is C16H24ClN3. The largest absolute Gasteiger partial charge is 0.315 e. The molecule has 0 spiro atoms. The van der Waals surface area contributed by atoms with E-state index >= 15 is 0 Å². The maximum Gasteiger partial charge on any atom is 0.0453 e. The molecule has 0 aliphatic carbocycles. The molecule has 1 aromatic carbocycles. The second kappa shape index (κ2) is 6.44. The highest BCUT2D eigenvalue weighted by molar-refractivity contribution is 6.31. The van der Waals surface area contributed by atoms with Crippen molar-refractivity contribution in [3.05, 3.63) is 34.9 Å². The van der Waals surface area contributed by atoms with E-state index in [1.807, 2.05) is 12.1 Å². The molecule has 110 valence electrons. The van der Waals surface area contributed by atoms with Crippen molar-refractivity contribution in [3.63, 3.8) is 0 Å². The van der Waals surface area contributed by atoms with Gasteiger partial charge in [0, 0.05) is 49.8 Å². The summed E-state index contributed by atoms with van der Waals surface area (Å²) in [5, 5.41) is 4.36. The van der Waals surface area contributed by atoms with E-state index < -0.39 is 0 Å². The average Bonchev–Trinajstić information content (AvgIpc) is 3.01. The first-order valence-corrected chi connectivity index (χ1v) is 8.07. The van der Waals surface area contributed by atoms with E-state index in [0.29, 0.717) is 6.04 Å². The summed E-state index contributed by atoms with van der Waals surface area (Å²) in [7, 11) is 0. The Morgan fingerprint density at radius 3 is 2.60 bits per heavy atom. The zero-order chi connectivity index (χ0) is 13.9. The number of piperazine rings is 1. The number of benzene rings is 1. The predicted octanol–water partition coefficient (Wildman–Crippen LogP) is 2.38. The van der Waals surface area contributed by atoms with Crippen LogP contribution in [-0.2, 0) is 0 Å². The molecule has 2 unspecified atom stereocenters. The number of hydrogen-bond acceptors (Lipinski definition) is 3. The first kappa shape index (κ1) is 14.3. The maximum absolute atomic E-state index is 6.33. The van der Waals surface area contributed by atoms with E-state index in [9.17, 15) is 0 Å². The minimum Gasteiger partial charge on any atom is -0.315 e. The molecule has 2 heterocycles. The van der Waals surface area contributed by atoms with Crippen LogP contribution in [0.5, 0.6) is 0 Å². The topological polar surface area (TPSA) is 18.5 Å². The molecule has 3 rings (SSSR count). The van der Waals surface area contributed by atoms with Gasteiger partial charge in [0.25, 0.3) is 0 Å². The normalized spacial score (nSPS) is 26.8. The molecule has 2 aliphatic heterocycles. The van der Waals surface area contributed by atoms with Crippen LogP contribution in [0.15, 0.2) is 24.3 Å². The zero-order valence-electron chi connectivity index (χ0n) is 12.2. The van der Waals surface area contributed by atoms with Crippen LogP contribution in [0.3, 0.4) is 0 Å². The fraction of sp³-hybridized carbons (Fsp3) is 0.625. The van der Waals surface area contributed by atoms with Crippen LogP contribution >= 0.6 is 11.6 Å². The number of hydrogen-bond donors (Lipinski definition) is 1. The Bertz CT molecular complexity index is 437. The Morgan fingerprint density at radius 2 is 1.95 bits per heavy atom. The van der Waals surface area contributed by atoms with Crippen molar-refractivity contribution in [2.75, 3.05) is 39.3 Å². The first-order chi connectivity index (χ1) is 9.75. The highest BCUT2D eigenvalue weighted by atomic mass is 35.5. The molecule has 20 heavy (non-hydrogen) atoms. The van der Waals surface area contributed by atoms with E-state index in [1.165, 1.54) is 38.2 Å². The molecule has 0 bridgehead atoms. The summed E-state index contributed by atoms with van der Waals surface area (Å²) in [4.78, 5) is 5.20. The van der Waals surface area contributed by atoms with Gasteiger partial charge in [0.15, 0.2) is 0 Å². The lowest BCUT2D eigenvalue weighted by Gasteiger charge is -2.40. The molecule has 1 N–H and O–H groups in total. The highest BCUT2D eigenvalue weighted by Crippen LogP contribution is 2.28. The minimum atomic E-state index is 0.410. The Labute approximate surface area is 126 Å². The second-order valence-corrected chi connectivity index (χ2v) is 6.32. The summed E-state index contributed by atoms with van der Waals surface area (Å²) < 4.78 is 0. The van der Waals surface area contributed by atoms with Crippen LogP contribution < -0.4 is 5.32 Å². The van der Waals surface area contributed by atoms with Crippen LogP contribution in [0.4, 0.5) is 0 Å². The van der Waals surface area contributed by atoms with Gasteiger partial charge >= 0.3 is 0 Å². The molecule has 2 saturated heterocycles. The van der Waals surface area contributed by atoms with Crippen molar-refractivity contribution in [1.29, 1.82) is 0 Å². The van der Waals surface area contributed by atoms with Crippen molar-refractivity contribution in [2.24, 2.45) is 0 Å². The van der Waals surface area contributed by atoms with Gasteiger partial charge in [-0.05, 0) is 31.5 Å². The van der Waals surface area contributed by atoms with Gasteiger partial charge in [-0.2, -0.15) is 0 Å². The van der Waals surface area contributed by atoms with E-state index in [0.717, 1.165) is 24.2 Å². The van der Waals surface area contributed by atoms with Crippen LogP contribution in [0.1, 0.15) is 24.9 Å². The SMILES string of the molecule is CC(c1ccccc1Cl)N1CCN(C2CCNC2)CC1. The molecule has 0 amide bonds. The van der Waals surface area contributed by atoms with Gasteiger partial charge in [-0.25, -0.2) is 0 Å². The van der Waals surface area contributed by atoms with Gasteiger partial charge in [-0.15, -0.1) is 0 Å². The Balaban J connectivity index is 1.59. The summed E-state index contributed by atoms with van der Waals surface area (Å²) in [6.07, 6.45) is 1.31. The van der Waals surface area contributed by atoms with E-state index in [2.05, 4.69) is 34.2 Å². The van der Waals surface area contributed by atoms with E-state index in [1.54, 1.807) is 0 Å². The summed E-state index contributed by atoms with van der Waals surface area (Å²) in [6.45, 7) is 9.27. The molecular weight excluding hydrogens is 270 g/mol. The summed E-state index contributed by atoms with van der Waals surface area (Å²) in [6, 6.07) is 9.40. The summed E-state index contributed by atoms with van der Waals surface area (Å²) >= 11 is 6.33. The maximum atomic E-state index is 6.33. The quantitative estimate of drug-likeness (QED) is 0.923. The van der Waals surface area contributed by atoms with Crippen molar-refractivity contribution in [3.8, 4) is 0 Å². The molecule has 0 radical (unpaired) electrons. The standard InChI is InChI=1S/C16H24ClN3/c1-13(15-4-2-3-5-16(15)17)19-8-10-20(11-9-19)14-6-7-18-12-14/h2-5,13-14,18H,6-12H2,1H3. The highest BCUT2D eigenvalue weighted by Gasteiger charge is 2.28. The predicted molar refractivity (Wildman–Crippen MR) is 84.3 cm³/mol. The summed E-state index contributed by atoms with van der Waals surface area (Å²) in [5.74, 6) is 0.